The number of carbonyl (C=O) groups excluding carboxylic acids is 2. The molecule has 0 spiro atoms. The van der Waals surface area contributed by atoms with Gasteiger partial charge in [-0.25, -0.2) is 4.98 Å². The third-order valence-corrected chi connectivity index (χ3v) is 6.55. The number of likely N-dealkylation sites (tertiary alicyclic amines) is 1. The summed E-state index contributed by atoms with van der Waals surface area (Å²) in [5.74, 6) is -0.241. The van der Waals surface area contributed by atoms with Crippen LogP contribution < -0.4 is 5.32 Å². The number of ether oxygens (including phenoxy) is 1. The van der Waals surface area contributed by atoms with Gasteiger partial charge in [0.15, 0.2) is 5.65 Å². The van der Waals surface area contributed by atoms with E-state index in [1.54, 1.807) is 7.11 Å². The molecule has 1 aliphatic heterocycles. The molecule has 1 aliphatic rings. The number of hydrogen-bond acceptors (Lipinski definition) is 6. The van der Waals surface area contributed by atoms with Crippen LogP contribution in [0.25, 0.3) is 20.9 Å². The van der Waals surface area contributed by atoms with Crippen LogP contribution in [0.5, 0.6) is 0 Å². The van der Waals surface area contributed by atoms with Crippen molar-refractivity contribution >= 4 is 33.5 Å². The minimum Gasteiger partial charge on any atom is -0.383 e. The molecular formula is C23H29N5O3S. The van der Waals surface area contributed by atoms with Gasteiger partial charge in [0, 0.05) is 30.3 Å². The maximum atomic E-state index is 13.3. The minimum absolute atomic E-state index is 0.0720. The monoisotopic (exact) mass is 455 g/mol. The largest absolute Gasteiger partial charge is 0.383 e. The molecule has 2 amide bonds. The Hall–Kier alpha value is -2.78. The van der Waals surface area contributed by atoms with E-state index in [0.717, 1.165) is 24.0 Å². The molecule has 8 nitrogen and oxygen atoms in total. The number of H-pyrrole nitrogens is 1. The first-order valence-electron chi connectivity index (χ1n) is 10.8. The summed E-state index contributed by atoms with van der Waals surface area (Å²) in [4.78, 5) is 32.7. The summed E-state index contributed by atoms with van der Waals surface area (Å²) in [6, 6.07) is 5.76. The average Bonchev–Trinajstić information content (AvgIpc) is 3.42. The van der Waals surface area contributed by atoms with Crippen molar-refractivity contribution < 1.29 is 14.3 Å². The Morgan fingerprint density at radius 3 is 2.84 bits per heavy atom. The van der Waals surface area contributed by atoms with E-state index in [-0.39, 0.29) is 23.4 Å². The number of methoxy groups -OCH3 is 1. The van der Waals surface area contributed by atoms with E-state index in [4.69, 9.17) is 4.74 Å². The Kier molecular flexibility index (Phi) is 6.05. The number of thiazole rings is 1. The van der Waals surface area contributed by atoms with Crippen LogP contribution >= 0.6 is 11.3 Å². The molecular weight excluding hydrogens is 426 g/mol. The fraction of sp³-hybridized carbons (Fsp3) is 0.478. The molecule has 1 aromatic carbocycles. The van der Waals surface area contributed by atoms with Gasteiger partial charge in [0.1, 0.15) is 15.4 Å². The van der Waals surface area contributed by atoms with Crippen molar-refractivity contribution in [3.63, 3.8) is 0 Å². The summed E-state index contributed by atoms with van der Waals surface area (Å²) >= 11 is 1.38. The van der Waals surface area contributed by atoms with Crippen molar-refractivity contribution in [2.24, 2.45) is 0 Å². The van der Waals surface area contributed by atoms with E-state index in [1.807, 2.05) is 50.8 Å². The highest BCUT2D eigenvalue weighted by atomic mass is 32.1. The lowest BCUT2D eigenvalue weighted by atomic mass is 10.0. The van der Waals surface area contributed by atoms with Gasteiger partial charge in [0.25, 0.3) is 11.8 Å². The smallest absolute Gasteiger partial charge is 0.273 e. The van der Waals surface area contributed by atoms with Crippen LogP contribution in [0.1, 0.15) is 60.0 Å². The Balaban J connectivity index is 1.71. The standard InChI is InChI=1S/C23H29N5O3S/c1-13-8-9-15(20(29)25-23(2,3)4)16(11-13)21-24-19-18(32-21)17(26-27-19)22(30)28-10-6-7-14(28)12-31-5/h8-9,11,14H,6-7,10,12H2,1-5H3,(H,25,29)(H,26,27). The second-order valence-corrected chi connectivity index (χ2v) is 10.3. The van der Waals surface area contributed by atoms with E-state index in [9.17, 15) is 9.59 Å². The average molecular weight is 456 g/mol. The third-order valence-electron chi connectivity index (χ3n) is 5.46. The van der Waals surface area contributed by atoms with E-state index < -0.39 is 0 Å². The summed E-state index contributed by atoms with van der Waals surface area (Å²) in [5, 5.41) is 10.8. The number of nitrogens with one attached hydrogen (secondary N) is 2. The molecule has 3 aromatic rings. The first-order valence-corrected chi connectivity index (χ1v) is 11.6. The molecule has 32 heavy (non-hydrogen) atoms. The van der Waals surface area contributed by atoms with Gasteiger partial charge >= 0.3 is 0 Å². The number of nitrogens with zero attached hydrogens (tertiary/aromatic N) is 3. The van der Waals surface area contributed by atoms with Crippen LogP contribution in [0.15, 0.2) is 18.2 Å². The third kappa shape index (κ3) is 4.40. The van der Waals surface area contributed by atoms with Gasteiger partial charge in [-0.1, -0.05) is 11.6 Å². The highest BCUT2D eigenvalue weighted by molar-refractivity contribution is 7.22. The number of hydrogen-bond donors (Lipinski definition) is 2. The normalized spacial score (nSPS) is 16.7. The minimum atomic E-state index is -0.356. The van der Waals surface area contributed by atoms with Gasteiger partial charge in [-0.2, -0.15) is 5.10 Å². The van der Waals surface area contributed by atoms with Crippen molar-refractivity contribution in [1.29, 1.82) is 0 Å². The number of carbonyl (C=O) groups is 2. The molecule has 2 aromatic heterocycles. The number of amides is 2. The molecule has 170 valence electrons. The topological polar surface area (TPSA) is 100 Å². The van der Waals surface area contributed by atoms with Crippen molar-refractivity contribution in [3.05, 3.63) is 35.0 Å². The summed E-state index contributed by atoms with van der Waals surface area (Å²) in [6.07, 6.45) is 1.89. The van der Waals surface area contributed by atoms with Crippen molar-refractivity contribution in [3.8, 4) is 10.6 Å². The highest BCUT2D eigenvalue weighted by Gasteiger charge is 2.32. The molecule has 0 aliphatic carbocycles. The molecule has 4 rings (SSSR count). The lowest BCUT2D eigenvalue weighted by Gasteiger charge is -2.23. The SMILES string of the molecule is COCC1CCCN1C(=O)c1[nH]nc2nc(-c3cc(C)ccc3C(=O)NC(C)(C)C)sc12. The first-order chi connectivity index (χ1) is 15.2. The van der Waals surface area contributed by atoms with E-state index >= 15 is 0 Å². The van der Waals surface area contributed by atoms with Crippen LogP contribution in [0.3, 0.4) is 0 Å². The quantitative estimate of drug-likeness (QED) is 0.610. The molecule has 1 atom stereocenters. The zero-order valence-corrected chi connectivity index (χ0v) is 19.9. The van der Waals surface area contributed by atoms with Crippen LogP contribution in [-0.2, 0) is 4.74 Å². The van der Waals surface area contributed by atoms with E-state index in [0.29, 0.717) is 39.8 Å². The van der Waals surface area contributed by atoms with Gasteiger partial charge in [-0.15, -0.1) is 11.3 Å². The number of aromatic nitrogens is 3. The predicted octanol–water partition coefficient (Wildman–Crippen LogP) is 3.77. The second kappa shape index (κ2) is 8.63. The first kappa shape index (κ1) is 22.4. The van der Waals surface area contributed by atoms with Gasteiger partial charge in [0.2, 0.25) is 0 Å². The maximum Gasteiger partial charge on any atom is 0.273 e. The number of rotatable bonds is 5. The summed E-state index contributed by atoms with van der Waals surface area (Å²) in [7, 11) is 1.65. The van der Waals surface area contributed by atoms with Crippen LogP contribution in [0, 0.1) is 6.92 Å². The number of benzene rings is 1. The predicted molar refractivity (Wildman–Crippen MR) is 125 cm³/mol. The lowest BCUT2D eigenvalue weighted by molar-refractivity contribution is 0.0627. The molecule has 2 N–H and O–H groups in total. The summed E-state index contributed by atoms with van der Waals surface area (Å²) in [6.45, 7) is 9.04. The van der Waals surface area contributed by atoms with Crippen LogP contribution in [0.4, 0.5) is 0 Å². The Morgan fingerprint density at radius 2 is 2.12 bits per heavy atom. The molecule has 1 fully saturated rings. The summed E-state index contributed by atoms with van der Waals surface area (Å²) < 4.78 is 5.99. The Bertz CT molecular complexity index is 1160. The molecule has 0 bridgehead atoms. The van der Waals surface area contributed by atoms with E-state index in [1.165, 1.54) is 11.3 Å². The molecule has 0 saturated carbocycles. The van der Waals surface area contributed by atoms with Crippen molar-refractivity contribution in [2.45, 2.75) is 52.1 Å². The van der Waals surface area contributed by atoms with Gasteiger partial charge in [-0.05, 0) is 52.7 Å². The number of aromatic amines is 1. The van der Waals surface area contributed by atoms with Crippen molar-refractivity contribution in [1.82, 2.24) is 25.4 Å². The molecule has 1 saturated heterocycles. The zero-order chi connectivity index (χ0) is 23.0. The Labute approximate surface area is 191 Å². The van der Waals surface area contributed by atoms with E-state index in [2.05, 4.69) is 20.5 Å². The van der Waals surface area contributed by atoms with Crippen LogP contribution in [0.2, 0.25) is 0 Å². The fourth-order valence-electron chi connectivity index (χ4n) is 4.02. The molecule has 1 unspecified atom stereocenters. The van der Waals surface area contributed by atoms with Crippen molar-refractivity contribution in [2.75, 3.05) is 20.3 Å². The number of fused-ring (bicyclic) bond motifs is 1. The van der Waals surface area contributed by atoms with Gasteiger partial charge in [-0.3, -0.25) is 14.7 Å². The Morgan fingerprint density at radius 1 is 1.34 bits per heavy atom. The molecule has 0 radical (unpaired) electrons. The van der Waals surface area contributed by atoms with Crippen LogP contribution in [-0.4, -0.2) is 63.7 Å². The molecule has 3 heterocycles. The molecule has 9 heteroatoms. The zero-order valence-electron chi connectivity index (χ0n) is 19.1. The lowest BCUT2D eigenvalue weighted by Crippen LogP contribution is -2.40. The van der Waals surface area contributed by atoms with Gasteiger partial charge in [0.05, 0.1) is 12.6 Å². The number of aryl methyl sites for hydroxylation is 1. The fourth-order valence-corrected chi connectivity index (χ4v) is 5.05. The van der Waals surface area contributed by atoms with Gasteiger partial charge < -0.3 is 15.0 Å². The maximum absolute atomic E-state index is 13.3. The summed E-state index contributed by atoms with van der Waals surface area (Å²) in [5.41, 5.74) is 2.90. The second-order valence-electron chi connectivity index (χ2n) is 9.27. The highest BCUT2D eigenvalue weighted by Crippen LogP contribution is 2.35.